The van der Waals surface area contributed by atoms with E-state index < -0.39 is 0 Å². The lowest BCUT2D eigenvalue weighted by Crippen LogP contribution is -2.29. The normalized spacial score (nSPS) is 16.4. The summed E-state index contributed by atoms with van der Waals surface area (Å²) in [5.74, 6) is 0.394. The summed E-state index contributed by atoms with van der Waals surface area (Å²) in [6, 6.07) is 14.8. The first-order valence-corrected chi connectivity index (χ1v) is 8.55. The van der Waals surface area contributed by atoms with E-state index in [0.717, 1.165) is 42.5 Å². The van der Waals surface area contributed by atoms with Crippen LogP contribution in [-0.2, 0) is 0 Å². The number of hydrogen-bond acceptors (Lipinski definition) is 4. The standard InChI is InChI=1S/C19H20N4O2/c1-21-12-10-14(11-13-21)19-15-6-2-3-7-16(15)22(20-19)17-8-4-5-9-18(17)23(24)25/h2-9,14H,10-13H2,1H3. The molecule has 0 saturated carbocycles. The molecule has 0 unspecified atom stereocenters. The van der Waals surface area contributed by atoms with Crippen molar-refractivity contribution in [3.63, 3.8) is 0 Å². The highest BCUT2D eigenvalue weighted by atomic mass is 16.6. The van der Waals surface area contributed by atoms with E-state index in [4.69, 9.17) is 5.10 Å². The highest BCUT2D eigenvalue weighted by molar-refractivity contribution is 5.84. The lowest BCUT2D eigenvalue weighted by molar-refractivity contribution is -0.384. The molecule has 1 saturated heterocycles. The predicted molar refractivity (Wildman–Crippen MR) is 97.2 cm³/mol. The summed E-state index contributed by atoms with van der Waals surface area (Å²) in [7, 11) is 2.14. The van der Waals surface area contributed by atoms with Crippen molar-refractivity contribution in [3.05, 3.63) is 64.3 Å². The molecule has 2 heterocycles. The quantitative estimate of drug-likeness (QED) is 0.540. The van der Waals surface area contributed by atoms with Crippen molar-refractivity contribution < 1.29 is 4.92 Å². The molecule has 1 aromatic heterocycles. The first kappa shape index (κ1) is 15.8. The predicted octanol–water partition coefficient (Wildman–Crippen LogP) is 3.74. The Morgan fingerprint density at radius 3 is 2.52 bits per heavy atom. The number of benzene rings is 2. The van der Waals surface area contributed by atoms with Crippen molar-refractivity contribution in [3.8, 4) is 5.69 Å². The Morgan fingerprint density at radius 2 is 1.76 bits per heavy atom. The maximum atomic E-state index is 11.4. The van der Waals surface area contributed by atoms with Crippen LogP contribution in [0.1, 0.15) is 24.5 Å². The van der Waals surface area contributed by atoms with Gasteiger partial charge < -0.3 is 4.90 Å². The molecule has 0 N–H and O–H groups in total. The summed E-state index contributed by atoms with van der Waals surface area (Å²) >= 11 is 0. The van der Waals surface area contributed by atoms with Crippen LogP contribution >= 0.6 is 0 Å². The minimum Gasteiger partial charge on any atom is -0.306 e. The number of hydrogen-bond donors (Lipinski definition) is 0. The van der Waals surface area contributed by atoms with Crippen LogP contribution in [0, 0.1) is 10.1 Å². The molecule has 0 atom stereocenters. The molecule has 128 valence electrons. The molecule has 3 aromatic rings. The number of para-hydroxylation sites is 3. The summed E-state index contributed by atoms with van der Waals surface area (Å²) in [4.78, 5) is 13.4. The third-order valence-electron chi connectivity index (χ3n) is 5.03. The van der Waals surface area contributed by atoms with Crippen LogP contribution < -0.4 is 0 Å². The molecule has 25 heavy (non-hydrogen) atoms. The van der Waals surface area contributed by atoms with Gasteiger partial charge in [-0.2, -0.15) is 5.10 Å². The number of nitro groups is 1. The molecule has 0 amide bonds. The molecule has 1 aliphatic heterocycles. The maximum absolute atomic E-state index is 11.4. The first-order chi connectivity index (χ1) is 12.1. The Balaban J connectivity index is 1.88. The zero-order valence-electron chi connectivity index (χ0n) is 14.1. The van der Waals surface area contributed by atoms with Gasteiger partial charge in [0, 0.05) is 17.4 Å². The zero-order chi connectivity index (χ0) is 17.4. The Labute approximate surface area is 145 Å². The van der Waals surface area contributed by atoms with Crippen molar-refractivity contribution in [2.24, 2.45) is 0 Å². The Bertz CT molecular complexity index is 926. The largest absolute Gasteiger partial charge is 0.306 e. The first-order valence-electron chi connectivity index (χ1n) is 8.55. The van der Waals surface area contributed by atoms with Crippen molar-refractivity contribution in [1.82, 2.24) is 14.7 Å². The monoisotopic (exact) mass is 336 g/mol. The van der Waals surface area contributed by atoms with Crippen LogP contribution in [0.3, 0.4) is 0 Å². The number of fused-ring (bicyclic) bond motifs is 1. The minimum atomic E-state index is -0.346. The van der Waals surface area contributed by atoms with Crippen LogP contribution in [0.5, 0.6) is 0 Å². The maximum Gasteiger partial charge on any atom is 0.294 e. The Hall–Kier alpha value is -2.73. The number of likely N-dealkylation sites (tertiary alicyclic amines) is 1. The number of rotatable bonds is 3. The fourth-order valence-electron chi connectivity index (χ4n) is 3.66. The number of nitrogens with zero attached hydrogens (tertiary/aromatic N) is 4. The Morgan fingerprint density at radius 1 is 1.08 bits per heavy atom. The summed E-state index contributed by atoms with van der Waals surface area (Å²) in [6.07, 6.45) is 2.13. The molecule has 4 rings (SSSR count). The minimum absolute atomic E-state index is 0.0747. The van der Waals surface area contributed by atoms with Crippen LogP contribution in [0.4, 0.5) is 5.69 Å². The molecule has 1 fully saturated rings. The third kappa shape index (κ3) is 2.78. The van der Waals surface area contributed by atoms with E-state index >= 15 is 0 Å². The molecule has 0 spiro atoms. The smallest absolute Gasteiger partial charge is 0.294 e. The summed E-state index contributed by atoms with van der Waals surface area (Å²) < 4.78 is 1.74. The van der Waals surface area contributed by atoms with Crippen LogP contribution in [-0.4, -0.2) is 39.7 Å². The van der Waals surface area contributed by atoms with E-state index in [0.29, 0.717) is 11.6 Å². The number of piperidine rings is 1. The van der Waals surface area contributed by atoms with E-state index in [1.54, 1.807) is 16.8 Å². The van der Waals surface area contributed by atoms with Crippen molar-refractivity contribution in [1.29, 1.82) is 0 Å². The third-order valence-corrected chi connectivity index (χ3v) is 5.03. The van der Waals surface area contributed by atoms with Crippen LogP contribution in [0.15, 0.2) is 48.5 Å². The second-order valence-corrected chi connectivity index (χ2v) is 6.64. The highest BCUT2D eigenvalue weighted by Crippen LogP contribution is 2.34. The molecule has 0 aliphatic carbocycles. The van der Waals surface area contributed by atoms with Gasteiger partial charge in [0.25, 0.3) is 5.69 Å². The molecule has 1 aliphatic rings. The zero-order valence-corrected chi connectivity index (χ0v) is 14.1. The van der Waals surface area contributed by atoms with Gasteiger partial charge in [-0.25, -0.2) is 4.68 Å². The van der Waals surface area contributed by atoms with Gasteiger partial charge in [0.2, 0.25) is 0 Å². The number of aromatic nitrogens is 2. The van der Waals surface area contributed by atoms with Gasteiger partial charge in [0.05, 0.1) is 16.1 Å². The molecule has 2 aromatic carbocycles. The average Bonchev–Trinajstić information content (AvgIpc) is 3.02. The number of nitro benzene ring substituents is 1. The summed E-state index contributed by atoms with van der Waals surface area (Å²) in [6.45, 7) is 2.11. The van der Waals surface area contributed by atoms with Gasteiger partial charge >= 0.3 is 0 Å². The summed E-state index contributed by atoms with van der Waals surface area (Å²) in [5, 5.41) is 17.4. The molecule has 0 bridgehead atoms. The van der Waals surface area contributed by atoms with Crippen molar-refractivity contribution in [2.75, 3.05) is 20.1 Å². The van der Waals surface area contributed by atoms with Gasteiger partial charge in [-0.1, -0.05) is 30.3 Å². The molecular formula is C19H20N4O2. The topological polar surface area (TPSA) is 64.2 Å². The lowest BCUT2D eigenvalue weighted by Gasteiger charge is -2.28. The second-order valence-electron chi connectivity index (χ2n) is 6.64. The van der Waals surface area contributed by atoms with Gasteiger partial charge in [-0.15, -0.1) is 0 Å². The van der Waals surface area contributed by atoms with Gasteiger partial charge in [0.15, 0.2) is 0 Å². The fourth-order valence-corrected chi connectivity index (χ4v) is 3.66. The Kier molecular flexibility index (Phi) is 3.97. The van der Waals surface area contributed by atoms with E-state index in [2.05, 4.69) is 18.0 Å². The van der Waals surface area contributed by atoms with E-state index in [1.807, 2.05) is 24.3 Å². The van der Waals surface area contributed by atoms with Crippen LogP contribution in [0.25, 0.3) is 16.6 Å². The SMILES string of the molecule is CN1CCC(c2nn(-c3ccccc3[N+](=O)[O-])c3ccccc23)CC1. The van der Waals surface area contributed by atoms with Crippen molar-refractivity contribution in [2.45, 2.75) is 18.8 Å². The van der Waals surface area contributed by atoms with Crippen LogP contribution in [0.2, 0.25) is 0 Å². The van der Waals surface area contributed by atoms with E-state index in [-0.39, 0.29) is 10.6 Å². The fraction of sp³-hybridized carbons (Fsp3) is 0.316. The van der Waals surface area contributed by atoms with Gasteiger partial charge in [0.1, 0.15) is 5.69 Å². The van der Waals surface area contributed by atoms with E-state index in [9.17, 15) is 10.1 Å². The highest BCUT2D eigenvalue weighted by Gasteiger charge is 2.25. The lowest BCUT2D eigenvalue weighted by atomic mass is 9.92. The molecule has 0 radical (unpaired) electrons. The second kappa shape index (κ2) is 6.29. The molecular weight excluding hydrogens is 316 g/mol. The average molecular weight is 336 g/mol. The molecule has 6 nitrogen and oxygen atoms in total. The molecule has 6 heteroatoms. The van der Waals surface area contributed by atoms with Gasteiger partial charge in [-0.05, 0) is 45.1 Å². The van der Waals surface area contributed by atoms with Gasteiger partial charge in [-0.3, -0.25) is 10.1 Å². The summed E-state index contributed by atoms with van der Waals surface area (Å²) in [5.41, 5.74) is 2.57. The van der Waals surface area contributed by atoms with Crippen molar-refractivity contribution >= 4 is 16.6 Å². The van der Waals surface area contributed by atoms with E-state index in [1.165, 1.54) is 6.07 Å².